The first-order chi connectivity index (χ1) is 16.3. The van der Waals surface area contributed by atoms with Crippen LogP contribution in [0.15, 0.2) is 47.6 Å². The minimum absolute atomic E-state index is 0.00236. The summed E-state index contributed by atoms with van der Waals surface area (Å²) in [5.41, 5.74) is 1.62. The number of ether oxygens (including phenoxy) is 3. The Bertz CT molecular complexity index is 965. The molecule has 0 saturated heterocycles. The number of hydrogen-bond donors (Lipinski definition) is 2. The summed E-state index contributed by atoms with van der Waals surface area (Å²) in [5.74, 6) is -0.486. The van der Waals surface area contributed by atoms with Crippen LogP contribution in [0.3, 0.4) is 0 Å². The van der Waals surface area contributed by atoms with E-state index in [1.54, 1.807) is 12.1 Å². The van der Waals surface area contributed by atoms with Crippen molar-refractivity contribution < 1.29 is 33.7 Å². The van der Waals surface area contributed by atoms with Crippen molar-refractivity contribution in [3.05, 3.63) is 53.6 Å². The number of aliphatic carboxylic acids is 1. The van der Waals surface area contributed by atoms with Crippen LogP contribution >= 0.6 is 0 Å². The van der Waals surface area contributed by atoms with E-state index in [2.05, 4.69) is 10.5 Å². The van der Waals surface area contributed by atoms with Crippen LogP contribution in [0.2, 0.25) is 0 Å². The summed E-state index contributed by atoms with van der Waals surface area (Å²) in [5, 5.41) is 16.3. The first-order valence-electron chi connectivity index (χ1n) is 10.8. The van der Waals surface area contributed by atoms with E-state index in [-0.39, 0.29) is 24.7 Å². The molecule has 0 bridgehead atoms. The van der Waals surface area contributed by atoms with E-state index in [1.165, 1.54) is 21.3 Å². The molecule has 2 aromatic rings. The Balaban J connectivity index is 2.19. The first-order valence-corrected chi connectivity index (χ1v) is 10.8. The maximum absolute atomic E-state index is 12.9. The predicted molar refractivity (Wildman–Crippen MR) is 127 cm³/mol. The lowest BCUT2D eigenvalue weighted by Crippen LogP contribution is -2.45. The van der Waals surface area contributed by atoms with Gasteiger partial charge in [0.2, 0.25) is 5.75 Å². The van der Waals surface area contributed by atoms with Crippen molar-refractivity contribution >= 4 is 17.6 Å². The number of carbonyl (C=O) groups is 2. The number of carboxylic acids is 1. The Labute approximate surface area is 199 Å². The number of carbonyl (C=O) groups excluding carboxylic acids is 1. The molecule has 184 valence electrons. The van der Waals surface area contributed by atoms with Crippen molar-refractivity contribution in [3.63, 3.8) is 0 Å². The Morgan fingerprint density at radius 1 is 0.971 bits per heavy atom. The topological polar surface area (TPSA) is 116 Å². The summed E-state index contributed by atoms with van der Waals surface area (Å²) >= 11 is 0. The number of rotatable bonds is 13. The summed E-state index contributed by atoms with van der Waals surface area (Å²) < 4.78 is 16.0. The summed E-state index contributed by atoms with van der Waals surface area (Å²) in [7, 11) is 4.43. The molecule has 0 aliphatic carbocycles. The minimum atomic E-state index is -1.21. The van der Waals surface area contributed by atoms with Crippen LogP contribution in [0.5, 0.6) is 17.2 Å². The second-order valence-electron chi connectivity index (χ2n) is 8.00. The number of nitrogens with zero attached hydrogens (tertiary/aromatic N) is 1. The second kappa shape index (κ2) is 13.1. The monoisotopic (exact) mass is 472 g/mol. The number of oxime groups is 1. The van der Waals surface area contributed by atoms with Crippen LogP contribution in [0.25, 0.3) is 0 Å². The van der Waals surface area contributed by atoms with Gasteiger partial charge in [-0.25, -0.2) is 4.79 Å². The maximum atomic E-state index is 12.9. The lowest BCUT2D eigenvalue weighted by Gasteiger charge is -2.18. The summed E-state index contributed by atoms with van der Waals surface area (Å²) in [6, 6.07) is 11.5. The van der Waals surface area contributed by atoms with Gasteiger partial charge >= 0.3 is 5.97 Å². The van der Waals surface area contributed by atoms with Crippen LogP contribution in [0.4, 0.5) is 0 Å². The molecule has 0 heterocycles. The van der Waals surface area contributed by atoms with E-state index in [4.69, 9.17) is 19.0 Å². The zero-order valence-electron chi connectivity index (χ0n) is 20.2. The maximum Gasteiger partial charge on any atom is 0.326 e. The van der Waals surface area contributed by atoms with Gasteiger partial charge in [0.05, 0.1) is 21.3 Å². The summed E-state index contributed by atoms with van der Waals surface area (Å²) in [6.07, 6.45) is 0.328. The molecule has 0 spiro atoms. The summed E-state index contributed by atoms with van der Waals surface area (Å²) in [6.45, 7) is 4.07. The van der Waals surface area contributed by atoms with Crippen molar-refractivity contribution in [3.8, 4) is 17.2 Å². The Kier molecular flexibility index (Phi) is 10.2. The van der Waals surface area contributed by atoms with Crippen LogP contribution < -0.4 is 19.5 Å². The quantitative estimate of drug-likeness (QED) is 0.339. The molecule has 9 heteroatoms. The third-order valence-corrected chi connectivity index (χ3v) is 4.88. The lowest BCUT2D eigenvalue weighted by molar-refractivity contribution is -0.141. The molecule has 34 heavy (non-hydrogen) atoms. The highest BCUT2D eigenvalue weighted by atomic mass is 16.6. The van der Waals surface area contributed by atoms with Crippen molar-refractivity contribution in [2.75, 3.05) is 21.3 Å². The number of hydrogen-bond acceptors (Lipinski definition) is 7. The number of nitrogens with one attached hydrogen (secondary N) is 1. The zero-order chi connectivity index (χ0) is 25.1. The molecule has 2 rings (SSSR count). The molecule has 0 aliphatic heterocycles. The average molecular weight is 473 g/mol. The molecule has 0 fully saturated rings. The number of carboxylic acid groups (broad SMARTS) is 1. The van der Waals surface area contributed by atoms with Crippen LogP contribution in [0, 0.1) is 5.92 Å². The molecule has 0 saturated carbocycles. The fourth-order valence-electron chi connectivity index (χ4n) is 3.25. The second-order valence-corrected chi connectivity index (χ2v) is 8.00. The van der Waals surface area contributed by atoms with Gasteiger partial charge in [0.1, 0.15) is 18.4 Å². The summed E-state index contributed by atoms with van der Waals surface area (Å²) in [4.78, 5) is 30.2. The predicted octanol–water partition coefficient (Wildman–Crippen LogP) is 3.44. The number of benzene rings is 2. The van der Waals surface area contributed by atoms with Gasteiger partial charge < -0.3 is 29.5 Å². The smallest absolute Gasteiger partial charge is 0.326 e. The van der Waals surface area contributed by atoms with Gasteiger partial charge in [0.15, 0.2) is 11.5 Å². The van der Waals surface area contributed by atoms with E-state index in [1.807, 2.05) is 44.2 Å². The molecule has 0 aliphatic rings. The first kappa shape index (κ1) is 26.5. The van der Waals surface area contributed by atoms with E-state index in [9.17, 15) is 14.7 Å². The van der Waals surface area contributed by atoms with Crippen LogP contribution in [-0.2, 0) is 27.5 Å². The highest BCUT2D eigenvalue weighted by Gasteiger charge is 2.25. The molecular weight excluding hydrogens is 440 g/mol. The SMILES string of the molecule is COc1cc(C[C@H](NC(=O)C(CC(C)C)=NOCc2ccccc2)C(=O)O)cc(OC)c1OC. The van der Waals surface area contributed by atoms with Crippen molar-refractivity contribution in [1.82, 2.24) is 5.32 Å². The van der Waals surface area contributed by atoms with Crippen molar-refractivity contribution in [2.24, 2.45) is 11.1 Å². The zero-order valence-corrected chi connectivity index (χ0v) is 20.2. The number of methoxy groups -OCH3 is 3. The molecule has 0 radical (unpaired) electrons. The van der Waals surface area contributed by atoms with Gasteiger partial charge in [0.25, 0.3) is 5.91 Å². The number of amides is 1. The van der Waals surface area contributed by atoms with Gasteiger partial charge in [-0.3, -0.25) is 4.79 Å². The van der Waals surface area contributed by atoms with Gasteiger partial charge in [-0.05, 0) is 29.2 Å². The molecule has 1 atom stereocenters. The van der Waals surface area contributed by atoms with Gasteiger partial charge in [-0.2, -0.15) is 0 Å². The molecule has 2 N–H and O–H groups in total. The standard InChI is InChI=1S/C25H32N2O7/c1-16(2)11-19(27-34-15-17-9-7-6-8-10-17)24(28)26-20(25(29)30)12-18-13-21(31-3)23(33-5)22(14-18)32-4/h6-10,13-14,16,20H,11-12,15H2,1-5H3,(H,26,28)(H,29,30)/t20-/m0/s1. The van der Waals surface area contributed by atoms with Crippen LogP contribution in [-0.4, -0.2) is 50.1 Å². The minimum Gasteiger partial charge on any atom is -0.493 e. The van der Waals surface area contributed by atoms with E-state index in [0.717, 1.165) is 5.56 Å². The fraction of sp³-hybridized carbons (Fsp3) is 0.400. The molecule has 0 unspecified atom stereocenters. The van der Waals surface area contributed by atoms with Gasteiger partial charge in [0, 0.05) is 12.8 Å². The molecule has 1 amide bonds. The van der Waals surface area contributed by atoms with Gasteiger partial charge in [-0.15, -0.1) is 0 Å². The molecular formula is C25H32N2O7. The van der Waals surface area contributed by atoms with Gasteiger partial charge in [-0.1, -0.05) is 49.3 Å². The molecule has 2 aromatic carbocycles. The fourth-order valence-corrected chi connectivity index (χ4v) is 3.25. The Morgan fingerprint density at radius 2 is 1.59 bits per heavy atom. The highest BCUT2D eigenvalue weighted by molar-refractivity contribution is 6.39. The van der Waals surface area contributed by atoms with E-state index < -0.39 is 17.9 Å². The molecule has 0 aromatic heterocycles. The third-order valence-electron chi connectivity index (χ3n) is 4.88. The highest BCUT2D eigenvalue weighted by Crippen LogP contribution is 2.38. The normalized spacial score (nSPS) is 12.1. The van der Waals surface area contributed by atoms with Crippen LogP contribution in [0.1, 0.15) is 31.4 Å². The third kappa shape index (κ3) is 7.68. The van der Waals surface area contributed by atoms with E-state index >= 15 is 0 Å². The van der Waals surface area contributed by atoms with E-state index in [0.29, 0.717) is 29.2 Å². The van der Waals surface area contributed by atoms with Crippen molar-refractivity contribution in [2.45, 2.75) is 39.3 Å². The average Bonchev–Trinajstić information content (AvgIpc) is 2.82. The molecule has 9 nitrogen and oxygen atoms in total. The van der Waals surface area contributed by atoms with Crippen molar-refractivity contribution in [1.29, 1.82) is 0 Å². The Hall–Kier alpha value is -3.75. The Morgan fingerprint density at radius 3 is 2.09 bits per heavy atom. The largest absolute Gasteiger partial charge is 0.493 e. The lowest BCUT2D eigenvalue weighted by atomic mass is 10.0.